The Bertz CT molecular complexity index is 8940. The monoisotopic (exact) mass is 1870 g/mol. The molecule has 14 nitrogen and oxygen atoms in total. The number of rotatable bonds is 5. The van der Waals surface area contributed by atoms with E-state index in [9.17, 15) is 14.4 Å². The Morgan fingerprint density at radius 2 is 0.647 bits per heavy atom. The molecule has 26 rings (SSSR count). The molecule has 660 valence electrons. The number of aromatic amines is 1. The van der Waals surface area contributed by atoms with E-state index in [-0.39, 0.29) is 17.4 Å². The Kier molecular flexibility index (Phi) is 23.6. The van der Waals surface area contributed by atoms with Crippen LogP contribution in [0.3, 0.4) is 0 Å². The molecule has 0 amide bonds. The molecule has 24 aromatic rings. The van der Waals surface area contributed by atoms with Gasteiger partial charge in [-0.1, -0.05) is 361 Å². The molecule has 0 spiro atoms. The summed E-state index contributed by atoms with van der Waals surface area (Å²) in [6, 6.07) is 122. The Hall–Kier alpha value is -15.0. The molecule has 20 heteroatoms. The molecule has 5 N–H and O–H groups in total. The van der Waals surface area contributed by atoms with Gasteiger partial charge < -0.3 is 25.5 Å². The van der Waals surface area contributed by atoms with Gasteiger partial charge in [0.15, 0.2) is 6.29 Å². The number of pyridine rings is 2. The van der Waals surface area contributed by atoms with Crippen LogP contribution in [-0.2, 0) is 14.1 Å². The van der Waals surface area contributed by atoms with E-state index >= 15 is 0 Å². The first-order valence-electron chi connectivity index (χ1n) is 44.0. The summed E-state index contributed by atoms with van der Waals surface area (Å²) in [6.45, 7) is 9.47. The number of carbonyl (C=O) groups is 4. The third kappa shape index (κ3) is 15.6. The van der Waals surface area contributed by atoms with Gasteiger partial charge in [0.1, 0.15) is 17.1 Å². The summed E-state index contributed by atoms with van der Waals surface area (Å²) in [5.41, 5.74) is 18.6. The van der Waals surface area contributed by atoms with Crippen molar-refractivity contribution in [2.24, 2.45) is 0 Å². The van der Waals surface area contributed by atoms with Crippen LogP contribution in [0.15, 0.2) is 364 Å². The van der Waals surface area contributed by atoms with Crippen molar-refractivity contribution < 1.29 is 33.6 Å². The molecule has 1 fully saturated rings. The van der Waals surface area contributed by atoms with E-state index in [1.807, 2.05) is 72.8 Å². The van der Waals surface area contributed by atoms with Gasteiger partial charge in [-0.15, -0.1) is 0 Å². The zero-order valence-electron chi connectivity index (χ0n) is 74.0. The summed E-state index contributed by atoms with van der Waals surface area (Å²) < 4.78 is 17.5. The molecule has 5 aromatic heterocycles. The molecule has 0 saturated carbocycles. The summed E-state index contributed by atoms with van der Waals surface area (Å²) >= 11 is 31.2. The average molecular weight is 1870 g/mol. The molecule has 19 aromatic carbocycles. The third-order valence-electron chi connectivity index (χ3n) is 25.9. The van der Waals surface area contributed by atoms with Gasteiger partial charge >= 0.3 is 7.12 Å². The number of aromatic nitrogens is 6. The van der Waals surface area contributed by atoms with Crippen molar-refractivity contribution in [3.8, 4) is 44.8 Å². The van der Waals surface area contributed by atoms with E-state index in [4.69, 9.17) is 92.2 Å². The summed E-state index contributed by atoms with van der Waals surface area (Å²) in [7, 11) is -0.414. The number of carboxylic acids is 1. The number of aliphatic carboxylic acids is 1. The standard InChI is InChI=1S/C33H27BN2O2.C27H16Cl2N2.C27H15ClN2.C14H8O2.C13H8Cl2O.C2H4O2.H3N/c1-32(2)33(3,4)38-34(37-32)20-17-18-28-27(19-20)23-13-7-10-16-26(23)31-35-29-24-14-8-5-11-21(24)22-12-6-9-15-25(22)30(29)36(28)31;28-16-13-14-24(29)23(15-16)19-9-3-6-12-22(19)27-30-25-20-10-4-1-7-17(20)18-8-2-5-11-21(18)26(25)31-27;28-16-13-14-24-23(15-16)19-9-3-6-12-22(19)27-29-25-20-10-4-1-7-17(20)18-8-2-5-11-21(18)26(25)30(24)27;15-13-11-7-3-1-5-9(11)10-6-2-4-8-12(10)14(13)16;14-10-5-6-13(15)12(7-10)11-4-2-1-3-9(11)8-16;1-2(3)4;/h5-19H,1-4H3;1-15H,(H,30,31);1-15H;2*1-8H;1H3,(H,3,4);1H3. The molecular formula is C116H81BCl5N7O7. The Morgan fingerprint density at radius 1 is 0.338 bits per heavy atom. The first-order valence-corrected chi connectivity index (χ1v) is 45.9. The number of aldehydes is 1. The quantitative estimate of drug-likeness (QED) is 0.0640. The number of Topliss-reactive ketones (excluding diaryl/α,β-unsaturated/α-hetero) is 2. The molecule has 1 aliphatic carbocycles. The van der Waals surface area contributed by atoms with Crippen molar-refractivity contribution in [1.82, 2.24) is 34.9 Å². The van der Waals surface area contributed by atoms with Gasteiger partial charge in [0.25, 0.3) is 5.97 Å². The number of nitrogens with one attached hydrogen (secondary N) is 1. The van der Waals surface area contributed by atoms with Gasteiger partial charge in [0.05, 0.1) is 55.3 Å². The zero-order valence-corrected chi connectivity index (χ0v) is 77.8. The van der Waals surface area contributed by atoms with E-state index in [1.165, 1.54) is 64.6 Å². The van der Waals surface area contributed by atoms with Crippen LogP contribution >= 0.6 is 58.0 Å². The van der Waals surface area contributed by atoms with Crippen LogP contribution in [-0.4, -0.2) is 76.0 Å². The van der Waals surface area contributed by atoms with Crippen LogP contribution in [0, 0.1) is 0 Å². The third-order valence-corrected chi connectivity index (χ3v) is 27.3. The number of halogens is 5. The number of hydrogen-bond acceptors (Lipinski definition) is 10. The van der Waals surface area contributed by atoms with Gasteiger partial charge in [-0.3, -0.25) is 28.0 Å². The molecular weight excluding hydrogens is 1790 g/mol. The van der Waals surface area contributed by atoms with Gasteiger partial charge in [-0.25, -0.2) is 15.0 Å². The number of carboxylic acid groups (broad SMARTS) is 1. The second-order valence-electron chi connectivity index (χ2n) is 34.4. The number of benzene rings is 19. The Morgan fingerprint density at radius 3 is 1.09 bits per heavy atom. The topological polar surface area (TPSA) is 205 Å². The van der Waals surface area contributed by atoms with E-state index in [0.717, 1.165) is 156 Å². The van der Waals surface area contributed by atoms with Gasteiger partial charge in [-0.2, -0.15) is 0 Å². The second kappa shape index (κ2) is 36.1. The lowest BCUT2D eigenvalue weighted by atomic mass is 9.78. The number of ketones is 2. The Balaban J connectivity index is 0.000000107. The molecule has 0 unspecified atom stereocenters. The first kappa shape index (κ1) is 88.9. The van der Waals surface area contributed by atoms with E-state index in [1.54, 1.807) is 54.6 Å². The maximum Gasteiger partial charge on any atom is 0.494 e. The van der Waals surface area contributed by atoms with E-state index < -0.39 is 24.7 Å². The summed E-state index contributed by atoms with van der Waals surface area (Å²) in [4.78, 5) is 62.8. The maximum atomic E-state index is 11.8. The molecule has 6 heterocycles. The zero-order chi connectivity index (χ0) is 92.8. The van der Waals surface area contributed by atoms with Crippen LogP contribution in [0.5, 0.6) is 0 Å². The number of fused-ring (bicyclic) bond motifs is 35. The van der Waals surface area contributed by atoms with Crippen LogP contribution in [0.4, 0.5) is 0 Å². The van der Waals surface area contributed by atoms with Crippen molar-refractivity contribution in [3.05, 3.63) is 406 Å². The van der Waals surface area contributed by atoms with E-state index in [2.05, 4.69) is 278 Å². The molecule has 0 atom stereocenters. The van der Waals surface area contributed by atoms with Crippen LogP contribution in [0.25, 0.3) is 197 Å². The molecule has 2 aliphatic rings. The van der Waals surface area contributed by atoms with E-state index in [0.29, 0.717) is 36.8 Å². The number of hydrogen-bond donors (Lipinski definition) is 3. The van der Waals surface area contributed by atoms with Gasteiger partial charge in [0, 0.05) is 119 Å². The minimum atomic E-state index is -0.833. The minimum absolute atomic E-state index is 0. The van der Waals surface area contributed by atoms with Gasteiger partial charge in [0.2, 0.25) is 11.6 Å². The smallest absolute Gasteiger partial charge is 0.481 e. The average Bonchev–Trinajstić information content (AvgIpc) is 1.54. The highest BCUT2D eigenvalue weighted by atomic mass is 35.5. The number of carbonyl (C=O) groups excluding carboxylic acids is 3. The number of nitrogens with zero attached hydrogens (tertiary/aromatic N) is 5. The normalized spacial score (nSPS) is 13.0. The predicted octanol–water partition coefficient (Wildman–Crippen LogP) is 31.1. The highest BCUT2D eigenvalue weighted by molar-refractivity contribution is 6.62. The first-order chi connectivity index (χ1) is 65.6. The highest BCUT2D eigenvalue weighted by Gasteiger charge is 2.52. The highest BCUT2D eigenvalue weighted by Crippen LogP contribution is 2.47. The Labute approximate surface area is 805 Å². The summed E-state index contributed by atoms with van der Waals surface area (Å²) in [5.74, 6) is -0.841. The second-order valence-corrected chi connectivity index (χ2v) is 36.5. The largest absolute Gasteiger partial charge is 0.494 e. The molecule has 0 radical (unpaired) electrons. The fourth-order valence-electron chi connectivity index (χ4n) is 19.1. The molecule has 136 heavy (non-hydrogen) atoms. The van der Waals surface area contributed by atoms with Crippen LogP contribution in [0.1, 0.15) is 65.7 Å². The molecule has 0 bridgehead atoms. The van der Waals surface area contributed by atoms with Crippen LogP contribution < -0.4 is 11.6 Å². The maximum absolute atomic E-state index is 11.8. The number of H-pyrrole nitrogens is 1. The predicted molar refractivity (Wildman–Crippen MR) is 564 cm³/mol. The molecule has 1 saturated heterocycles. The summed E-state index contributed by atoms with van der Waals surface area (Å²) in [6.07, 6.45) is 0.812. The lowest BCUT2D eigenvalue weighted by Crippen LogP contribution is -2.41. The van der Waals surface area contributed by atoms with Gasteiger partial charge in [-0.05, 0) is 159 Å². The van der Waals surface area contributed by atoms with Crippen molar-refractivity contribution in [2.45, 2.75) is 45.8 Å². The minimum Gasteiger partial charge on any atom is -0.481 e. The van der Waals surface area contributed by atoms with Crippen molar-refractivity contribution in [2.75, 3.05) is 0 Å². The summed E-state index contributed by atoms with van der Waals surface area (Å²) in [5, 5.41) is 32.0. The lowest BCUT2D eigenvalue weighted by molar-refractivity contribution is -0.134. The number of imidazole rings is 3. The fourth-order valence-corrected chi connectivity index (χ4v) is 20.0. The lowest BCUT2D eigenvalue weighted by Gasteiger charge is -2.32. The van der Waals surface area contributed by atoms with Crippen molar-refractivity contribution in [3.63, 3.8) is 0 Å². The van der Waals surface area contributed by atoms with Crippen molar-refractivity contribution >= 4 is 247 Å². The van der Waals surface area contributed by atoms with Crippen molar-refractivity contribution in [1.29, 1.82) is 0 Å². The fraction of sp³-hybridized carbons (Fsp3) is 0.0603. The molecule has 1 aliphatic heterocycles. The van der Waals surface area contributed by atoms with Crippen LogP contribution in [0.2, 0.25) is 25.1 Å². The SMILES string of the molecule is CC(=O)O.CC1(C)OB(c2ccc3c(c2)c2ccccc2c2nc4c5ccccc5c5ccccc5c4n32)OC1(C)C.Clc1ccc(Cl)c(-c2ccccc2-c2nc3c4ccccc4c4ccccc4c3[nH]2)c1.Clc1ccc2c(c1)c1ccccc1c1nc3c4ccccc4c4ccccc4c3n21.N.O=C1C(=O)c2ccccc2-c2ccccc21.O=Cc1ccccc1-c1cc(Cl)ccc1Cl.